The molecule has 0 spiro atoms. The molecule has 6 nitrogen and oxygen atoms in total. The van der Waals surface area contributed by atoms with Crippen molar-refractivity contribution in [2.24, 2.45) is 5.92 Å². The molecular formula is C18H25N3O3. The maximum Gasteiger partial charge on any atom is 0.308 e. The van der Waals surface area contributed by atoms with E-state index < -0.39 is 11.9 Å². The van der Waals surface area contributed by atoms with Crippen molar-refractivity contribution in [1.29, 1.82) is 0 Å². The Morgan fingerprint density at radius 1 is 1.08 bits per heavy atom. The minimum Gasteiger partial charge on any atom is -0.481 e. The van der Waals surface area contributed by atoms with Crippen LogP contribution in [0.4, 0.5) is 0 Å². The second-order valence-corrected chi connectivity index (χ2v) is 6.76. The molecule has 130 valence electrons. The van der Waals surface area contributed by atoms with Gasteiger partial charge in [0.25, 0.3) is 0 Å². The number of amides is 1. The molecule has 2 aliphatic rings. The highest BCUT2D eigenvalue weighted by Crippen LogP contribution is 2.27. The zero-order chi connectivity index (χ0) is 17.1. The lowest BCUT2D eigenvalue weighted by atomic mass is 10.0. The molecule has 2 atom stereocenters. The number of piperazine rings is 1. The van der Waals surface area contributed by atoms with E-state index in [0.717, 1.165) is 31.7 Å². The van der Waals surface area contributed by atoms with Gasteiger partial charge < -0.3 is 14.9 Å². The molecule has 0 unspecified atom stereocenters. The van der Waals surface area contributed by atoms with E-state index >= 15 is 0 Å². The van der Waals surface area contributed by atoms with Gasteiger partial charge in [-0.15, -0.1) is 0 Å². The number of benzene rings is 1. The highest BCUT2D eigenvalue weighted by Gasteiger charge is 2.37. The van der Waals surface area contributed by atoms with Gasteiger partial charge in [0.15, 0.2) is 0 Å². The molecule has 0 radical (unpaired) electrons. The maximum absolute atomic E-state index is 13.2. The van der Waals surface area contributed by atoms with Gasteiger partial charge in [0, 0.05) is 39.3 Å². The molecule has 0 aliphatic carbocycles. The van der Waals surface area contributed by atoms with Crippen LogP contribution in [0.5, 0.6) is 0 Å². The van der Waals surface area contributed by atoms with Crippen molar-refractivity contribution in [2.45, 2.75) is 12.5 Å². The van der Waals surface area contributed by atoms with Gasteiger partial charge in [-0.2, -0.15) is 0 Å². The molecule has 2 aliphatic heterocycles. The molecule has 2 saturated heterocycles. The van der Waals surface area contributed by atoms with E-state index in [2.05, 4.69) is 16.8 Å². The van der Waals surface area contributed by atoms with Crippen molar-refractivity contribution in [3.05, 3.63) is 35.9 Å². The number of nitrogens with zero attached hydrogens (tertiary/aromatic N) is 3. The minimum atomic E-state index is -0.804. The number of carboxylic acid groups (broad SMARTS) is 1. The molecule has 6 heteroatoms. The van der Waals surface area contributed by atoms with Crippen molar-refractivity contribution < 1.29 is 14.7 Å². The number of hydrogen-bond acceptors (Lipinski definition) is 4. The summed E-state index contributed by atoms with van der Waals surface area (Å²) >= 11 is 0. The molecule has 2 heterocycles. The fraction of sp³-hybridized carbons (Fsp3) is 0.556. The molecule has 1 amide bonds. The van der Waals surface area contributed by atoms with Crippen molar-refractivity contribution in [1.82, 2.24) is 14.7 Å². The lowest BCUT2D eigenvalue weighted by molar-refractivity contribution is -0.142. The van der Waals surface area contributed by atoms with E-state index in [-0.39, 0.29) is 11.9 Å². The van der Waals surface area contributed by atoms with Gasteiger partial charge in [-0.3, -0.25) is 14.5 Å². The summed E-state index contributed by atoms with van der Waals surface area (Å²) in [6.07, 6.45) is 0.547. The average molecular weight is 331 g/mol. The van der Waals surface area contributed by atoms with Crippen LogP contribution in [0.25, 0.3) is 0 Å². The Balaban J connectivity index is 1.79. The quantitative estimate of drug-likeness (QED) is 0.888. The van der Waals surface area contributed by atoms with Crippen LogP contribution in [-0.4, -0.2) is 78.0 Å². The highest BCUT2D eigenvalue weighted by molar-refractivity contribution is 5.84. The first-order chi connectivity index (χ1) is 11.6. The van der Waals surface area contributed by atoms with Crippen molar-refractivity contribution in [3.8, 4) is 0 Å². The van der Waals surface area contributed by atoms with Gasteiger partial charge in [0.1, 0.15) is 6.04 Å². The molecule has 24 heavy (non-hydrogen) atoms. The Morgan fingerprint density at radius 3 is 2.33 bits per heavy atom. The second-order valence-electron chi connectivity index (χ2n) is 6.76. The van der Waals surface area contributed by atoms with Gasteiger partial charge >= 0.3 is 5.97 Å². The van der Waals surface area contributed by atoms with Gasteiger partial charge in [-0.25, -0.2) is 0 Å². The third-order valence-corrected chi connectivity index (χ3v) is 5.10. The van der Waals surface area contributed by atoms with E-state index in [9.17, 15) is 14.7 Å². The summed E-state index contributed by atoms with van der Waals surface area (Å²) < 4.78 is 0. The molecule has 0 saturated carbocycles. The van der Waals surface area contributed by atoms with E-state index in [1.165, 1.54) is 0 Å². The summed E-state index contributed by atoms with van der Waals surface area (Å²) in [5.41, 5.74) is 0.992. The van der Waals surface area contributed by atoms with Crippen LogP contribution in [0.2, 0.25) is 0 Å². The van der Waals surface area contributed by atoms with E-state index in [1.54, 1.807) is 4.90 Å². The first-order valence-electron chi connectivity index (χ1n) is 8.55. The Labute approximate surface area is 142 Å². The van der Waals surface area contributed by atoms with E-state index in [1.807, 2.05) is 30.3 Å². The van der Waals surface area contributed by atoms with Gasteiger partial charge in [-0.05, 0) is 19.0 Å². The number of likely N-dealkylation sites (N-methyl/N-ethyl adjacent to an activating group) is 1. The fourth-order valence-electron chi connectivity index (χ4n) is 3.56. The third-order valence-electron chi connectivity index (χ3n) is 5.10. The summed E-state index contributed by atoms with van der Waals surface area (Å²) in [7, 11) is 2.09. The molecule has 1 aromatic rings. The number of carboxylic acids is 1. The summed E-state index contributed by atoms with van der Waals surface area (Å²) in [5, 5.41) is 9.19. The van der Waals surface area contributed by atoms with Crippen LogP contribution in [0.1, 0.15) is 18.0 Å². The van der Waals surface area contributed by atoms with E-state index in [4.69, 9.17) is 0 Å². The monoisotopic (exact) mass is 331 g/mol. The normalized spacial score (nSPS) is 24.0. The molecular weight excluding hydrogens is 306 g/mol. The van der Waals surface area contributed by atoms with Crippen molar-refractivity contribution >= 4 is 11.9 Å². The Kier molecular flexibility index (Phi) is 5.16. The van der Waals surface area contributed by atoms with Crippen LogP contribution in [0.3, 0.4) is 0 Å². The Bertz CT molecular complexity index is 584. The third kappa shape index (κ3) is 3.60. The second kappa shape index (κ2) is 7.32. The Hall–Kier alpha value is -1.92. The topological polar surface area (TPSA) is 64.1 Å². The van der Waals surface area contributed by atoms with Crippen LogP contribution in [0, 0.1) is 5.92 Å². The standard InChI is InChI=1S/C18H25N3O3/c1-19-9-11-20(12-10-19)16(14-5-3-2-4-6-14)17(22)21-8-7-15(13-21)18(23)24/h2-6,15-16H,7-13H2,1H3,(H,23,24)/t15-,16-/m0/s1. The van der Waals surface area contributed by atoms with Gasteiger partial charge in [0.2, 0.25) is 5.91 Å². The van der Waals surface area contributed by atoms with Crippen LogP contribution in [0.15, 0.2) is 30.3 Å². The molecule has 1 N–H and O–H groups in total. The SMILES string of the molecule is CN1CCN([C@H](C(=O)N2CC[C@H](C(=O)O)C2)c2ccccc2)CC1. The zero-order valence-electron chi connectivity index (χ0n) is 14.1. The smallest absolute Gasteiger partial charge is 0.308 e. The molecule has 0 aromatic heterocycles. The minimum absolute atomic E-state index is 0.0366. The number of hydrogen-bond donors (Lipinski definition) is 1. The molecule has 3 rings (SSSR count). The molecule has 0 bridgehead atoms. The van der Waals surface area contributed by atoms with Gasteiger partial charge in [-0.1, -0.05) is 30.3 Å². The number of carbonyl (C=O) groups excluding carboxylic acids is 1. The number of carbonyl (C=O) groups is 2. The van der Waals surface area contributed by atoms with Crippen LogP contribution >= 0.6 is 0 Å². The van der Waals surface area contributed by atoms with Crippen LogP contribution < -0.4 is 0 Å². The van der Waals surface area contributed by atoms with Gasteiger partial charge in [0.05, 0.1) is 5.92 Å². The highest BCUT2D eigenvalue weighted by atomic mass is 16.4. The van der Waals surface area contributed by atoms with Crippen molar-refractivity contribution in [3.63, 3.8) is 0 Å². The predicted molar refractivity (Wildman–Crippen MR) is 90.6 cm³/mol. The fourth-order valence-corrected chi connectivity index (χ4v) is 3.56. The summed E-state index contributed by atoms with van der Waals surface area (Å²) in [4.78, 5) is 30.6. The van der Waals surface area contributed by atoms with Crippen LogP contribution in [-0.2, 0) is 9.59 Å². The summed E-state index contributed by atoms with van der Waals surface area (Å²) in [5.74, 6) is -1.20. The number of aliphatic carboxylic acids is 1. The zero-order valence-corrected chi connectivity index (χ0v) is 14.1. The summed E-state index contributed by atoms with van der Waals surface area (Å²) in [6.45, 7) is 4.43. The number of likely N-dealkylation sites (tertiary alicyclic amines) is 1. The largest absolute Gasteiger partial charge is 0.481 e. The predicted octanol–water partition coefficient (Wildman–Crippen LogP) is 0.908. The van der Waals surface area contributed by atoms with E-state index in [0.29, 0.717) is 19.5 Å². The lowest BCUT2D eigenvalue weighted by Crippen LogP contribution is -2.50. The first-order valence-corrected chi connectivity index (χ1v) is 8.55. The van der Waals surface area contributed by atoms with Crippen molar-refractivity contribution in [2.75, 3.05) is 46.3 Å². The first kappa shape index (κ1) is 16.9. The molecule has 1 aromatic carbocycles. The lowest BCUT2D eigenvalue weighted by Gasteiger charge is -2.38. The summed E-state index contributed by atoms with van der Waals surface area (Å²) in [6, 6.07) is 9.53. The number of rotatable bonds is 4. The molecule has 2 fully saturated rings. The Morgan fingerprint density at radius 2 is 1.75 bits per heavy atom. The maximum atomic E-state index is 13.2. The average Bonchev–Trinajstić information content (AvgIpc) is 3.08.